The van der Waals surface area contributed by atoms with E-state index in [0.717, 1.165) is 73.0 Å². The van der Waals surface area contributed by atoms with Crippen LogP contribution in [-0.4, -0.2) is 53.6 Å². The topological polar surface area (TPSA) is 93.4 Å². The zero-order chi connectivity index (χ0) is 22.5. The molecule has 0 saturated carbocycles. The quantitative estimate of drug-likeness (QED) is 0.595. The van der Waals surface area contributed by atoms with Crippen molar-refractivity contribution in [2.45, 2.75) is 20.3 Å². The third-order valence-electron chi connectivity index (χ3n) is 6.01. The fraction of sp³-hybridized carbons (Fsp3) is 0.320. The Morgan fingerprint density at radius 1 is 1.09 bits per heavy atom. The van der Waals surface area contributed by atoms with Gasteiger partial charge in [0, 0.05) is 43.2 Å². The lowest BCUT2D eigenvalue weighted by atomic mass is 9.94. The van der Waals surface area contributed by atoms with Crippen molar-refractivity contribution < 1.29 is 9.53 Å². The highest BCUT2D eigenvalue weighted by Gasteiger charge is 2.12. The number of morpholine rings is 1. The number of nitrogens with two attached hydrogens (primary N) is 1. The number of carbonyl (C=O) groups is 1. The van der Waals surface area contributed by atoms with Gasteiger partial charge in [-0.1, -0.05) is 6.07 Å². The molecule has 1 aliphatic rings. The third-order valence-corrected chi connectivity index (χ3v) is 6.01. The number of nitrogens with one attached hydrogen (secondary N) is 1. The molecule has 0 spiro atoms. The summed E-state index contributed by atoms with van der Waals surface area (Å²) in [5.41, 5.74) is 12.1. The van der Waals surface area contributed by atoms with Crippen molar-refractivity contribution in [2.24, 2.45) is 5.73 Å². The Hall–Kier alpha value is -3.29. The molecule has 3 N–H and O–H groups in total. The zero-order valence-corrected chi connectivity index (χ0v) is 18.6. The first-order chi connectivity index (χ1) is 15.5. The summed E-state index contributed by atoms with van der Waals surface area (Å²) >= 11 is 0. The van der Waals surface area contributed by atoms with Crippen LogP contribution < -0.4 is 11.1 Å². The lowest BCUT2D eigenvalue weighted by Gasteiger charge is -2.26. The third kappa shape index (κ3) is 5.12. The summed E-state index contributed by atoms with van der Waals surface area (Å²) in [7, 11) is 0. The number of ether oxygens (including phenoxy) is 1. The number of carbonyl (C=O) groups excluding carboxylic acids is 1. The second-order valence-electron chi connectivity index (χ2n) is 8.12. The Labute approximate surface area is 188 Å². The van der Waals surface area contributed by atoms with Crippen LogP contribution in [0.2, 0.25) is 0 Å². The minimum Gasteiger partial charge on any atom is -0.379 e. The number of amides is 1. The van der Waals surface area contributed by atoms with E-state index in [0.29, 0.717) is 5.56 Å². The van der Waals surface area contributed by atoms with Crippen molar-refractivity contribution in [3.8, 4) is 11.1 Å². The van der Waals surface area contributed by atoms with Gasteiger partial charge in [-0.05, 0) is 66.8 Å². The number of rotatable bonds is 7. The van der Waals surface area contributed by atoms with Crippen LogP contribution in [0.1, 0.15) is 27.0 Å². The van der Waals surface area contributed by atoms with Crippen molar-refractivity contribution in [3.05, 3.63) is 71.2 Å². The number of anilines is 2. The van der Waals surface area contributed by atoms with E-state index in [1.54, 1.807) is 6.07 Å². The molecule has 7 heteroatoms. The lowest BCUT2D eigenvalue weighted by molar-refractivity contribution is 0.0384. The number of hydrogen-bond donors (Lipinski definition) is 2. The largest absolute Gasteiger partial charge is 0.379 e. The smallest absolute Gasteiger partial charge is 0.248 e. The molecule has 7 nitrogen and oxygen atoms in total. The van der Waals surface area contributed by atoms with Crippen LogP contribution in [0.4, 0.5) is 11.5 Å². The molecule has 1 saturated heterocycles. The van der Waals surface area contributed by atoms with E-state index in [2.05, 4.69) is 26.3 Å². The van der Waals surface area contributed by atoms with Gasteiger partial charge in [-0.2, -0.15) is 0 Å². The Morgan fingerprint density at radius 2 is 1.91 bits per heavy atom. The Morgan fingerprint density at radius 3 is 2.62 bits per heavy atom. The molecule has 1 fully saturated rings. The van der Waals surface area contributed by atoms with Crippen LogP contribution in [0.3, 0.4) is 0 Å². The van der Waals surface area contributed by atoms with Crippen LogP contribution >= 0.6 is 0 Å². The van der Waals surface area contributed by atoms with Crippen molar-refractivity contribution in [2.75, 3.05) is 38.2 Å². The summed E-state index contributed by atoms with van der Waals surface area (Å²) in [5, 5.41) is 3.34. The van der Waals surface area contributed by atoms with Crippen molar-refractivity contribution >= 4 is 17.4 Å². The van der Waals surface area contributed by atoms with Gasteiger partial charge in [0.05, 0.1) is 25.1 Å². The first-order valence-corrected chi connectivity index (χ1v) is 10.9. The van der Waals surface area contributed by atoms with Gasteiger partial charge in [-0.3, -0.25) is 14.7 Å². The molecule has 1 aliphatic heterocycles. The van der Waals surface area contributed by atoms with E-state index in [4.69, 9.17) is 10.5 Å². The average molecular weight is 432 g/mol. The van der Waals surface area contributed by atoms with Crippen LogP contribution in [0.15, 0.2) is 48.9 Å². The monoisotopic (exact) mass is 431 g/mol. The van der Waals surface area contributed by atoms with Gasteiger partial charge >= 0.3 is 0 Å². The predicted octanol–water partition coefficient (Wildman–Crippen LogP) is 3.48. The number of benzene rings is 1. The normalized spacial score (nSPS) is 14.3. The van der Waals surface area contributed by atoms with Crippen LogP contribution in [0.5, 0.6) is 0 Å². The van der Waals surface area contributed by atoms with Gasteiger partial charge in [0.1, 0.15) is 5.82 Å². The molecule has 32 heavy (non-hydrogen) atoms. The molecule has 1 aromatic carbocycles. The van der Waals surface area contributed by atoms with E-state index in [1.807, 2.05) is 50.6 Å². The van der Waals surface area contributed by atoms with Gasteiger partial charge in [-0.25, -0.2) is 4.98 Å². The second-order valence-corrected chi connectivity index (χ2v) is 8.12. The molecule has 2 aromatic heterocycles. The summed E-state index contributed by atoms with van der Waals surface area (Å²) < 4.78 is 5.41. The molecular formula is C25H29N5O2. The van der Waals surface area contributed by atoms with E-state index >= 15 is 0 Å². The Kier molecular flexibility index (Phi) is 6.78. The maximum absolute atomic E-state index is 11.6. The molecular weight excluding hydrogens is 402 g/mol. The molecule has 4 rings (SSSR count). The fourth-order valence-corrected chi connectivity index (χ4v) is 3.98. The second kappa shape index (κ2) is 9.89. The molecule has 166 valence electrons. The Balaban J connectivity index is 1.43. The maximum atomic E-state index is 11.6. The van der Waals surface area contributed by atoms with Crippen LogP contribution in [-0.2, 0) is 11.2 Å². The summed E-state index contributed by atoms with van der Waals surface area (Å²) in [6.45, 7) is 8.54. The highest BCUT2D eigenvalue weighted by atomic mass is 16.5. The molecule has 0 bridgehead atoms. The van der Waals surface area contributed by atoms with Crippen LogP contribution in [0, 0.1) is 13.8 Å². The average Bonchev–Trinajstić information content (AvgIpc) is 2.81. The van der Waals surface area contributed by atoms with Gasteiger partial charge in [0.2, 0.25) is 5.91 Å². The Bertz CT molecular complexity index is 1090. The highest BCUT2D eigenvalue weighted by molar-refractivity contribution is 5.95. The van der Waals surface area contributed by atoms with Gasteiger partial charge in [-0.15, -0.1) is 0 Å². The zero-order valence-electron chi connectivity index (χ0n) is 18.6. The number of aromatic nitrogens is 2. The number of hydrogen-bond acceptors (Lipinski definition) is 6. The molecule has 0 radical (unpaired) electrons. The van der Waals surface area contributed by atoms with E-state index in [9.17, 15) is 4.79 Å². The first-order valence-electron chi connectivity index (χ1n) is 10.9. The number of pyridine rings is 2. The molecule has 3 aromatic rings. The van der Waals surface area contributed by atoms with E-state index in [1.165, 1.54) is 5.56 Å². The standard InChI is InChI=1S/C25H29N5O2/c1-17-18(2)23(25(26)31)5-4-22(17)20-3-6-24(28-15-20)29-21-13-19(14-27-16-21)7-8-30-9-11-32-12-10-30/h3-6,13-16H,7-12H2,1-2H3,(H2,26,31)(H,28,29). The number of primary amides is 1. The van der Waals surface area contributed by atoms with E-state index < -0.39 is 5.91 Å². The fourth-order valence-electron chi connectivity index (χ4n) is 3.98. The van der Waals surface area contributed by atoms with Crippen molar-refractivity contribution in [1.82, 2.24) is 14.9 Å². The predicted molar refractivity (Wildman–Crippen MR) is 126 cm³/mol. The maximum Gasteiger partial charge on any atom is 0.248 e. The van der Waals surface area contributed by atoms with Crippen LogP contribution in [0.25, 0.3) is 11.1 Å². The summed E-state index contributed by atoms with van der Waals surface area (Å²) in [6.07, 6.45) is 6.52. The summed E-state index contributed by atoms with van der Waals surface area (Å²) in [6, 6.07) is 9.80. The molecule has 0 aliphatic carbocycles. The van der Waals surface area contributed by atoms with Crippen molar-refractivity contribution in [3.63, 3.8) is 0 Å². The van der Waals surface area contributed by atoms with Crippen molar-refractivity contribution in [1.29, 1.82) is 0 Å². The van der Waals surface area contributed by atoms with Gasteiger partial charge < -0.3 is 15.8 Å². The lowest BCUT2D eigenvalue weighted by Crippen LogP contribution is -2.37. The number of nitrogens with zero attached hydrogens (tertiary/aromatic N) is 3. The summed E-state index contributed by atoms with van der Waals surface area (Å²) in [4.78, 5) is 23.0. The molecule has 0 atom stereocenters. The minimum atomic E-state index is -0.407. The molecule has 1 amide bonds. The SMILES string of the molecule is Cc1c(C(N)=O)ccc(-c2ccc(Nc3cncc(CCN4CCOCC4)c3)nc2)c1C. The highest BCUT2D eigenvalue weighted by Crippen LogP contribution is 2.28. The van der Waals surface area contributed by atoms with Gasteiger partial charge in [0.15, 0.2) is 0 Å². The first kappa shape index (κ1) is 21.9. The summed E-state index contributed by atoms with van der Waals surface area (Å²) in [5.74, 6) is 0.347. The molecule has 3 heterocycles. The minimum absolute atomic E-state index is 0.407. The van der Waals surface area contributed by atoms with Gasteiger partial charge in [0.25, 0.3) is 0 Å². The van der Waals surface area contributed by atoms with E-state index in [-0.39, 0.29) is 0 Å². The molecule has 0 unspecified atom stereocenters.